The fourth-order valence-electron chi connectivity index (χ4n) is 6.40. The van der Waals surface area contributed by atoms with Gasteiger partial charge in [0.15, 0.2) is 0 Å². The lowest BCUT2D eigenvalue weighted by Gasteiger charge is -2.21. The Kier molecular flexibility index (Phi) is 37.3. The van der Waals surface area contributed by atoms with Crippen LogP contribution in [0.25, 0.3) is 0 Å². The fourth-order valence-corrected chi connectivity index (χ4v) is 6.40. The van der Waals surface area contributed by atoms with Gasteiger partial charge in [0.1, 0.15) is 6.04 Å². The molecule has 0 radical (unpaired) electrons. The first-order valence-electron chi connectivity index (χ1n) is 21.2. The lowest BCUT2D eigenvalue weighted by molar-refractivity contribution is -0.129. The number of carbonyl (C=O) groups is 2. The van der Waals surface area contributed by atoms with Gasteiger partial charge in [0.25, 0.3) is 0 Å². The third kappa shape index (κ3) is 33.1. The van der Waals surface area contributed by atoms with Gasteiger partial charge in [-0.15, -0.1) is 0 Å². The van der Waals surface area contributed by atoms with Crippen molar-refractivity contribution >= 4 is 11.8 Å². The zero-order chi connectivity index (χ0) is 35.2. The highest BCUT2D eigenvalue weighted by Crippen LogP contribution is 2.13. The van der Waals surface area contributed by atoms with Crippen LogP contribution in [0.3, 0.4) is 0 Å². The number of amides is 2. The van der Waals surface area contributed by atoms with Crippen LogP contribution < -0.4 is 21.3 Å². The van der Waals surface area contributed by atoms with Crippen LogP contribution >= 0.6 is 0 Å². The van der Waals surface area contributed by atoms with Crippen LogP contribution in [0.15, 0.2) is 12.2 Å². The first-order chi connectivity index (χ1) is 23.6. The lowest BCUT2D eigenvalue weighted by Crippen LogP contribution is -2.49. The van der Waals surface area contributed by atoms with Crippen molar-refractivity contribution < 1.29 is 9.59 Å². The van der Waals surface area contributed by atoms with Crippen molar-refractivity contribution in [3.8, 4) is 0 Å². The average Bonchev–Trinajstić information content (AvgIpc) is 3.09. The van der Waals surface area contributed by atoms with E-state index in [0.717, 1.165) is 32.1 Å². The molecule has 0 bridgehead atoms. The highest BCUT2D eigenvalue weighted by atomic mass is 16.2. The van der Waals surface area contributed by atoms with E-state index in [2.05, 4.69) is 54.2 Å². The minimum absolute atomic E-state index is 0.00456. The second kappa shape index (κ2) is 38.4. The summed E-state index contributed by atoms with van der Waals surface area (Å²) in [5, 5.41) is 12.9. The third-order valence-corrected chi connectivity index (χ3v) is 9.73. The maximum atomic E-state index is 13.1. The zero-order valence-corrected chi connectivity index (χ0v) is 32.8. The molecule has 48 heavy (non-hydrogen) atoms. The number of unbranched alkanes of at least 4 members (excludes halogenated alkanes) is 24. The zero-order valence-electron chi connectivity index (χ0n) is 32.8. The Morgan fingerprint density at radius 2 is 0.979 bits per heavy atom. The van der Waals surface area contributed by atoms with Gasteiger partial charge >= 0.3 is 0 Å². The molecule has 0 aliphatic heterocycles. The van der Waals surface area contributed by atoms with E-state index >= 15 is 0 Å². The van der Waals surface area contributed by atoms with Gasteiger partial charge in [-0.2, -0.15) is 0 Å². The van der Waals surface area contributed by atoms with Gasteiger partial charge in [0, 0.05) is 13.0 Å². The van der Waals surface area contributed by atoms with Crippen molar-refractivity contribution in [2.75, 3.05) is 20.1 Å². The van der Waals surface area contributed by atoms with Crippen LogP contribution in [0, 0.1) is 0 Å². The molecule has 0 rings (SSSR count). The summed E-state index contributed by atoms with van der Waals surface area (Å²) in [4.78, 5) is 25.8. The number of hydrogen-bond acceptors (Lipinski definition) is 4. The molecule has 0 heterocycles. The van der Waals surface area contributed by atoms with E-state index in [1.165, 1.54) is 148 Å². The van der Waals surface area contributed by atoms with Crippen LogP contribution in [0.4, 0.5) is 0 Å². The van der Waals surface area contributed by atoms with Gasteiger partial charge in [-0.25, -0.2) is 0 Å². The van der Waals surface area contributed by atoms with Crippen LogP contribution in [-0.2, 0) is 9.59 Å². The monoisotopic (exact) mass is 677 g/mol. The van der Waals surface area contributed by atoms with Crippen molar-refractivity contribution in [2.24, 2.45) is 0 Å². The van der Waals surface area contributed by atoms with Crippen LogP contribution in [0.2, 0.25) is 0 Å². The molecule has 0 aromatic rings. The smallest absolute Gasteiger partial charge is 0.242 e. The van der Waals surface area contributed by atoms with Crippen molar-refractivity contribution in [3.63, 3.8) is 0 Å². The molecule has 284 valence electrons. The van der Waals surface area contributed by atoms with E-state index in [4.69, 9.17) is 0 Å². The van der Waals surface area contributed by atoms with E-state index in [1.807, 2.05) is 7.05 Å². The summed E-state index contributed by atoms with van der Waals surface area (Å²) in [6, 6.07) is -0.478. The summed E-state index contributed by atoms with van der Waals surface area (Å²) in [6.45, 7) is 8.06. The minimum Gasteiger partial charge on any atom is -0.354 e. The summed E-state index contributed by atoms with van der Waals surface area (Å²) in [5.41, 5.74) is 0. The van der Waals surface area contributed by atoms with Gasteiger partial charge in [-0.05, 0) is 65.0 Å². The number of nitrogens with one attached hydrogen (secondary N) is 4. The summed E-state index contributed by atoms with van der Waals surface area (Å²) >= 11 is 0. The maximum absolute atomic E-state index is 13.1. The van der Waals surface area contributed by atoms with Crippen molar-refractivity contribution in [2.45, 2.75) is 226 Å². The lowest BCUT2D eigenvalue weighted by atomic mass is 10.0. The molecular weight excluding hydrogens is 592 g/mol. The molecular formula is C42H84N4O2. The molecule has 0 fully saturated rings. The van der Waals surface area contributed by atoms with Crippen molar-refractivity contribution in [3.05, 3.63) is 12.2 Å². The maximum Gasteiger partial charge on any atom is 0.242 e. The first-order valence-corrected chi connectivity index (χ1v) is 21.2. The van der Waals surface area contributed by atoms with E-state index in [-0.39, 0.29) is 18.0 Å². The molecule has 4 N–H and O–H groups in total. The summed E-state index contributed by atoms with van der Waals surface area (Å²) in [6.07, 6.45) is 41.8. The van der Waals surface area contributed by atoms with Crippen molar-refractivity contribution in [1.29, 1.82) is 0 Å². The van der Waals surface area contributed by atoms with Crippen LogP contribution in [0.5, 0.6) is 0 Å². The molecule has 0 aliphatic rings. The first kappa shape index (κ1) is 46.6. The fraction of sp³-hybridized carbons (Fsp3) is 0.905. The predicted octanol–water partition coefficient (Wildman–Crippen LogP) is 11.0. The van der Waals surface area contributed by atoms with Gasteiger partial charge in [-0.1, -0.05) is 168 Å². The minimum atomic E-state index is -0.478. The Hall–Kier alpha value is -1.40. The largest absolute Gasteiger partial charge is 0.354 e. The third-order valence-electron chi connectivity index (χ3n) is 9.73. The topological polar surface area (TPSA) is 82.3 Å². The van der Waals surface area contributed by atoms with E-state index in [1.54, 1.807) is 0 Å². The average molecular weight is 677 g/mol. The van der Waals surface area contributed by atoms with Crippen molar-refractivity contribution in [1.82, 2.24) is 21.3 Å². The summed E-state index contributed by atoms with van der Waals surface area (Å²) < 4.78 is 0. The normalized spacial score (nSPS) is 12.8. The Labute approximate surface area is 300 Å². The molecule has 0 saturated heterocycles. The molecule has 0 spiro atoms. The molecule has 0 saturated carbocycles. The standard InChI is InChI=1S/C42H84N4O2/c1-5-8-10-12-14-16-18-20-22-23-25-27-29-31-33-35-41(47)46-39(36-38-44-40(7-3)43-4)42(48)45-37-34-32-30-28-26-24-21-19-17-15-13-11-9-6-2/h20,22,39-40,43-44H,5-19,21,23-38H2,1-4H3,(H,45,48)(H,46,47)/b22-20+. The quantitative estimate of drug-likeness (QED) is 0.0298. The molecule has 2 atom stereocenters. The molecule has 0 aliphatic carbocycles. The van der Waals surface area contributed by atoms with Gasteiger partial charge in [0.2, 0.25) is 11.8 Å². The second-order valence-corrected chi connectivity index (χ2v) is 14.3. The van der Waals surface area contributed by atoms with Crippen LogP contribution in [-0.4, -0.2) is 44.2 Å². The highest BCUT2D eigenvalue weighted by molar-refractivity contribution is 5.87. The highest BCUT2D eigenvalue weighted by Gasteiger charge is 2.20. The predicted molar refractivity (Wildman–Crippen MR) is 210 cm³/mol. The van der Waals surface area contributed by atoms with Crippen LogP contribution in [0.1, 0.15) is 213 Å². The molecule has 6 heteroatoms. The van der Waals surface area contributed by atoms with E-state index in [0.29, 0.717) is 25.9 Å². The van der Waals surface area contributed by atoms with Gasteiger partial charge in [0.05, 0.1) is 6.17 Å². The molecule has 0 aromatic heterocycles. The molecule has 0 aromatic carbocycles. The Morgan fingerprint density at radius 1 is 0.542 bits per heavy atom. The Bertz CT molecular complexity index is 710. The summed E-state index contributed by atoms with van der Waals surface area (Å²) in [7, 11) is 1.94. The molecule has 6 nitrogen and oxygen atoms in total. The summed E-state index contributed by atoms with van der Waals surface area (Å²) in [5.74, 6) is -0.0353. The Balaban J connectivity index is 4.09. The van der Waals surface area contributed by atoms with Gasteiger partial charge < -0.3 is 21.3 Å². The number of hydrogen-bond donors (Lipinski definition) is 4. The van der Waals surface area contributed by atoms with E-state index in [9.17, 15) is 9.59 Å². The number of allylic oxidation sites excluding steroid dienone is 2. The molecule has 2 unspecified atom stereocenters. The number of rotatable bonds is 38. The second-order valence-electron chi connectivity index (χ2n) is 14.3. The van der Waals surface area contributed by atoms with Gasteiger partial charge in [-0.3, -0.25) is 9.59 Å². The Morgan fingerprint density at radius 3 is 1.44 bits per heavy atom. The van der Waals surface area contributed by atoms with E-state index < -0.39 is 6.04 Å². The number of carbonyl (C=O) groups excluding carboxylic acids is 2. The molecule has 2 amide bonds. The SMILES string of the molecule is CCCCCCCC/C=C/CCCCCCCC(=O)NC(CCNC(CC)NC)C(=O)NCCCCCCCCCCCCCCCC.